The molecule has 1 unspecified atom stereocenters. The molecule has 3 aromatic rings. The molecule has 0 spiro atoms. The number of carbonyl (C=O) groups is 1. The first-order valence-corrected chi connectivity index (χ1v) is 10.3. The summed E-state index contributed by atoms with van der Waals surface area (Å²) in [7, 11) is 0. The van der Waals surface area contributed by atoms with Crippen LogP contribution in [0.15, 0.2) is 40.8 Å². The molecule has 0 N–H and O–H groups in total. The number of benzene rings is 2. The Bertz CT molecular complexity index is 1050. The van der Waals surface area contributed by atoms with Crippen molar-refractivity contribution >= 4 is 40.4 Å². The predicted molar refractivity (Wildman–Crippen MR) is 115 cm³/mol. The molecule has 0 saturated carbocycles. The topological polar surface area (TPSA) is 55.6 Å². The lowest BCUT2D eigenvalue weighted by Gasteiger charge is -2.24. The van der Waals surface area contributed by atoms with Gasteiger partial charge in [-0.05, 0) is 57.0 Å². The van der Waals surface area contributed by atoms with Gasteiger partial charge in [-0.25, -0.2) is 9.78 Å². The van der Waals surface area contributed by atoms with Crippen LogP contribution < -0.4 is 0 Å². The van der Waals surface area contributed by atoms with Crippen molar-refractivity contribution in [2.75, 3.05) is 13.1 Å². The van der Waals surface area contributed by atoms with E-state index in [0.717, 1.165) is 23.1 Å². The summed E-state index contributed by atoms with van der Waals surface area (Å²) in [5, 5.41) is 1.05. The molecule has 1 aromatic heterocycles. The lowest BCUT2D eigenvalue weighted by atomic mass is 9.97. The Morgan fingerprint density at radius 3 is 2.62 bits per heavy atom. The Morgan fingerprint density at radius 1 is 1.21 bits per heavy atom. The summed E-state index contributed by atoms with van der Waals surface area (Å²) in [4.78, 5) is 18.9. The van der Waals surface area contributed by atoms with Crippen molar-refractivity contribution in [3.05, 3.63) is 52.0 Å². The minimum Gasteiger partial charge on any atom is -0.444 e. The number of likely N-dealkylation sites (tertiary alicyclic amines) is 1. The highest BCUT2D eigenvalue weighted by Crippen LogP contribution is 2.35. The molecular weight excluding hydrogens is 411 g/mol. The van der Waals surface area contributed by atoms with E-state index in [1.807, 2.05) is 39.0 Å². The van der Waals surface area contributed by atoms with Crippen LogP contribution in [-0.4, -0.2) is 34.7 Å². The van der Waals surface area contributed by atoms with E-state index in [9.17, 15) is 4.79 Å². The van der Waals surface area contributed by atoms with Crippen molar-refractivity contribution in [2.45, 2.75) is 38.7 Å². The van der Waals surface area contributed by atoms with Crippen LogP contribution in [0.1, 0.15) is 38.7 Å². The molecule has 152 valence electrons. The van der Waals surface area contributed by atoms with Gasteiger partial charge in [-0.15, -0.1) is 0 Å². The molecule has 5 nitrogen and oxygen atoms in total. The maximum Gasteiger partial charge on any atom is 0.410 e. The van der Waals surface area contributed by atoms with E-state index in [-0.39, 0.29) is 12.0 Å². The van der Waals surface area contributed by atoms with E-state index in [4.69, 9.17) is 37.3 Å². The number of carbonyl (C=O) groups excluding carboxylic acids is 1. The van der Waals surface area contributed by atoms with E-state index in [1.165, 1.54) is 0 Å². The lowest BCUT2D eigenvalue weighted by molar-refractivity contribution is 0.0292. The molecule has 7 heteroatoms. The molecule has 1 aliphatic rings. The van der Waals surface area contributed by atoms with Crippen molar-refractivity contribution < 1.29 is 13.9 Å². The first-order chi connectivity index (χ1) is 13.7. The first kappa shape index (κ1) is 20.0. The SMILES string of the molecule is CC(C)(C)OC(=O)N1CCC(c2cccc3oc(-c4cc(Cl)cc(Cl)c4)nc23)C1. The largest absolute Gasteiger partial charge is 0.444 e. The zero-order valence-electron chi connectivity index (χ0n) is 16.5. The Kier molecular flexibility index (Phi) is 5.21. The molecule has 2 heterocycles. The fraction of sp³-hybridized carbons (Fsp3) is 0.364. The van der Waals surface area contributed by atoms with E-state index >= 15 is 0 Å². The molecule has 29 heavy (non-hydrogen) atoms. The van der Waals surface area contributed by atoms with Gasteiger partial charge in [0.25, 0.3) is 0 Å². The van der Waals surface area contributed by atoms with Gasteiger partial charge in [0.2, 0.25) is 5.89 Å². The first-order valence-electron chi connectivity index (χ1n) is 9.53. The number of amides is 1. The summed E-state index contributed by atoms with van der Waals surface area (Å²) < 4.78 is 11.5. The van der Waals surface area contributed by atoms with Gasteiger partial charge >= 0.3 is 6.09 Å². The van der Waals surface area contributed by atoms with Gasteiger partial charge in [-0.1, -0.05) is 35.3 Å². The summed E-state index contributed by atoms with van der Waals surface area (Å²) in [6.07, 6.45) is 0.574. The van der Waals surface area contributed by atoms with Gasteiger partial charge in [-0.2, -0.15) is 0 Å². The standard InChI is InChI=1S/C22H22Cl2N2O3/c1-22(2,3)29-21(27)26-8-7-13(12-26)17-5-4-6-18-19(17)25-20(28-18)14-9-15(23)11-16(24)10-14/h4-6,9-11,13H,7-8,12H2,1-3H3. The van der Waals surface area contributed by atoms with E-state index < -0.39 is 5.60 Å². The van der Waals surface area contributed by atoms with Crippen LogP contribution in [0, 0.1) is 0 Å². The Labute approximate surface area is 179 Å². The second-order valence-corrected chi connectivity index (χ2v) is 9.16. The number of hydrogen-bond acceptors (Lipinski definition) is 4. The van der Waals surface area contributed by atoms with Crippen LogP contribution in [0.25, 0.3) is 22.6 Å². The van der Waals surface area contributed by atoms with E-state index in [1.54, 1.807) is 23.1 Å². The summed E-state index contributed by atoms with van der Waals surface area (Å²) in [5.74, 6) is 0.644. The van der Waals surface area contributed by atoms with Gasteiger partial charge in [0.05, 0.1) is 0 Å². The highest BCUT2D eigenvalue weighted by atomic mass is 35.5. The third-order valence-electron chi connectivity index (χ3n) is 4.84. The predicted octanol–water partition coefficient (Wildman–Crippen LogP) is 6.53. The molecule has 0 radical (unpaired) electrons. The average molecular weight is 433 g/mol. The van der Waals surface area contributed by atoms with E-state index in [0.29, 0.717) is 34.6 Å². The second-order valence-electron chi connectivity index (χ2n) is 8.28. The maximum absolute atomic E-state index is 12.4. The van der Waals surface area contributed by atoms with Crippen LogP contribution in [0.5, 0.6) is 0 Å². The Morgan fingerprint density at radius 2 is 1.93 bits per heavy atom. The summed E-state index contributed by atoms with van der Waals surface area (Å²) in [6, 6.07) is 11.1. The summed E-state index contributed by atoms with van der Waals surface area (Å²) >= 11 is 12.2. The number of para-hydroxylation sites is 1. The fourth-order valence-electron chi connectivity index (χ4n) is 3.61. The number of fused-ring (bicyclic) bond motifs is 1. The van der Waals surface area contributed by atoms with Crippen molar-refractivity contribution in [1.82, 2.24) is 9.88 Å². The third kappa shape index (κ3) is 4.36. The zero-order chi connectivity index (χ0) is 20.8. The summed E-state index contributed by atoms with van der Waals surface area (Å²) in [6.45, 7) is 6.87. The van der Waals surface area contributed by atoms with Crippen LogP contribution in [0.2, 0.25) is 10.0 Å². The van der Waals surface area contributed by atoms with Gasteiger partial charge < -0.3 is 14.1 Å². The van der Waals surface area contributed by atoms with Crippen LogP contribution >= 0.6 is 23.2 Å². The molecule has 1 atom stereocenters. The van der Waals surface area contributed by atoms with Crippen molar-refractivity contribution in [3.63, 3.8) is 0 Å². The monoisotopic (exact) mass is 432 g/mol. The van der Waals surface area contributed by atoms with Crippen LogP contribution in [0.4, 0.5) is 4.79 Å². The molecule has 0 aliphatic carbocycles. The average Bonchev–Trinajstić information content (AvgIpc) is 3.26. The van der Waals surface area contributed by atoms with Crippen LogP contribution in [-0.2, 0) is 4.74 Å². The number of rotatable bonds is 2. The number of aromatic nitrogens is 1. The third-order valence-corrected chi connectivity index (χ3v) is 5.28. The zero-order valence-corrected chi connectivity index (χ0v) is 18.0. The Hall–Kier alpha value is -2.24. The molecule has 2 aromatic carbocycles. The minimum atomic E-state index is -0.506. The number of nitrogens with zero attached hydrogens (tertiary/aromatic N) is 2. The Balaban J connectivity index is 1.62. The highest BCUT2D eigenvalue weighted by molar-refractivity contribution is 6.35. The van der Waals surface area contributed by atoms with Crippen molar-refractivity contribution in [2.24, 2.45) is 0 Å². The van der Waals surface area contributed by atoms with Crippen LogP contribution in [0.3, 0.4) is 0 Å². The number of halogens is 2. The molecule has 0 bridgehead atoms. The number of ether oxygens (including phenoxy) is 1. The molecule has 1 aliphatic heterocycles. The minimum absolute atomic E-state index is 0.173. The van der Waals surface area contributed by atoms with E-state index in [2.05, 4.69) is 0 Å². The maximum atomic E-state index is 12.4. The molecular formula is C22H22Cl2N2O3. The molecule has 1 saturated heterocycles. The number of oxazole rings is 1. The quantitative estimate of drug-likeness (QED) is 0.461. The summed E-state index contributed by atoms with van der Waals surface area (Å²) in [5.41, 5.74) is 2.79. The number of hydrogen-bond donors (Lipinski definition) is 0. The lowest BCUT2D eigenvalue weighted by Crippen LogP contribution is -2.35. The smallest absolute Gasteiger partial charge is 0.410 e. The van der Waals surface area contributed by atoms with Gasteiger partial charge in [0, 0.05) is 34.6 Å². The van der Waals surface area contributed by atoms with Gasteiger partial charge in [0.15, 0.2) is 5.58 Å². The molecule has 4 rings (SSSR count). The van der Waals surface area contributed by atoms with Crippen molar-refractivity contribution in [3.8, 4) is 11.5 Å². The fourth-order valence-corrected chi connectivity index (χ4v) is 4.13. The van der Waals surface area contributed by atoms with Crippen molar-refractivity contribution in [1.29, 1.82) is 0 Å². The normalized spacial score (nSPS) is 17.1. The highest BCUT2D eigenvalue weighted by Gasteiger charge is 2.32. The molecule has 1 amide bonds. The van der Waals surface area contributed by atoms with Gasteiger partial charge in [-0.3, -0.25) is 0 Å². The molecule has 1 fully saturated rings. The second kappa shape index (κ2) is 7.54. The van der Waals surface area contributed by atoms with Gasteiger partial charge in [0.1, 0.15) is 11.1 Å².